The lowest BCUT2D eigenvalue weighted by atomic mass is 10.1. The summed E-state index contributed by atoms with van der Waals surface area (Å²) in [6.07, 6.45) is 0. The number of carbonyl (C=O) groups excluding carboxylic acids is 2. The van der Waals surface area contributed by atoms with Crippen LogP contribution in [0.1, 0.15) is 27.0 Å². The van der Waals surface area contributed by atoms with E-state index in [-0.39, 0.29) is 24.9 Å². The normalized spacial score (nSPS) is 10.2. The van der Waals surface area contributed by atoms with Crippen molar-refractivity contribution in [2.24, 2.45) is 0 Å². The van der Waals surface area contributed by atoms with Crippen molar-refractivity contribution in [3.8, 4) is 17.2 Å². The summed E-state index contributed by atoms with van der Waals surface area (Å²) in [6.45, 7) is 4.02. The Labute approximate surface area is 165 Å². The molecule has 0 aliphatic carbocycles. The zero-order valence-corrected chi connectivity index (χ0v) is 16.8. The van der Waals surface area contributed by atoms with Crippen molar-refractivity contribution in [2.45, 2.75) is 20.4 Å². The van der Waals surface area contributed by atoms with Crippen LogP contribution in [0.15, 0.2) is 30.3 Å². The molecule has 2 rings (SSSR count). The van der Waals surface area contributed by atoms with E-state index in [0.29, 0.717) is 22.8 Å². The fraction of sp³-hybridized carbons (Fsp3) is 0.333. The summed E-state index contributed by atoms with van der Waals surface area (Å²) in [5.41, 5.74) is 3.39. The molecule has 0 saturated carbocycles. The molecular weight excluding hydrogens is 360 g/mol. The third kappa shape index (κ3) is 5.16. The van der Waals surface area contributed by atoms with Crippen molar-refractivity contribution in [1.29, 1.82) is 0 Å². The highest BCUT2D eigenvalue weighted by Gasteiger charge is 2.13. The molecule has 150 valence electrons. The molecule has 2 amide bonds. The second-order valence-corrected chi connectivity index (χ2v) is 6.28. The molecule has 0 radical (unpaired) electrons. The maximum Gasteiger partial charge on any atom is 0.251 e. The minimum absolute atomic E-state index is 0.124. The number of hydrogen-bond donors (Lipinski definition) is 2. The van der Waals surface area contributed by atoms with Gasteiger partial charge in [-0.05, 0) is 43.2 Å². The Bertz CT molecular complexity index is 864. The molecule has 7 nitrogen and oxygen atoms in total. The second kappa shape index (κ2) is 9.64. The van der Waals surface area contributed by atoms with Gasteiger partial charge < -0.3 is 24.8 Å². The van der Waals surface area contributed by atoms with E-state index in [9.17, 15) is 9.59 Å². The highest BCUT2D eigenvalue weighted by atomic mass is 16.5. The van der Waals surface area contributed by atoms with E-state index in [1.807, 2.05) is 19.9 Å². The van der Waals surface area contributed by atoms with Crippen molar-refractivity contribution in [1.82, 2.24) is 10.6 Å². The van der Waals surface area contributed by atoms with Gasteiger partial charge in [0.25, 0.3) is 5.91 Å². The first-order valence-corrected chi connectivity index (χ1v) is 8.80. The van der Waals surface area contributed by atoms with Crippen LogP contribution in [-0.4, -0.2) is 39.7 Å². The molecule has 0 saturated heterocycles. The molecular formula is C21H26N2O5. The lowest BCUT2D eigenvalue weighted by Gasteiger charge is -2.14. The van der Waals surface area contributed by atoms with Gasteiger partial charge in [0.15, 0.2) is 11.5 Å². The summed E-state index contributed by atoms with van der Waals surface area (Å²) < 4.78 is 15.9. The summed E-state index contributed by atoms with van der Waals surface area (Å²) in [7, 11) is 4.61. The predicted octanol–water partition coefficient (Wildman–Crippen LogP) is 2.38. The summed E-state index contributed by atoms with van der Waals surface area (Å²) in [6, 6.07) is 8.86. The third-order valence-electron chi connectivity index (χ3n) is 4.44. The Kier molecular flexibility index (Phi) is 7.26. The summed E-state index contributed by atoms with van der Waals surface area (Å²) in [5.74, 6) is 1.04. The monoisotopic (exact) mass is 386 g/mol. The van der Waals surface area contributed by atoms with E-state index in [1.54, 1.807) is 24.3 Å². The Morgan fingerprint density at radius 3 is 2.07 bits per heavy atom. The van der Waals surface area contributed by atoms with Crippen LogP contribution in [0.5, 0.6) is 17.2 Å². The van der Waals surface area contributed by atoms with Crippen LogP contribution in [0, 0.1) is 13.8 Å². The zero-order chi connectivity index (χ0) is 20.7. The van der Waals surface area contributed by atoms with Crippen molar-refractivity contribution < 1.29 is 23.8 Å². The first-order valence-electron chi connectivity index (χ1n) is 8.80. The Balaban J connectivity index is 1.95. The van der Waals surface area contributed by atoms with Gasteiger partial charge >= 0.3 is 0 Å². The number of amides is 2. The molecule has 28 heavy (non-hydrogen) atoms. The van der Waals surface area contributed by atoms with Crippen molar-refractivity contribution >= 4 is 11.8 Å². The first-order chi connectivity index (χ1) is 13.4. The van der Waals surface area contributed by atoms with Gasteiger partial charge in [-0.25, -0.2) is 0 Å². The highest BCUT2D eigenvalue weighted by molar-refractivity contribution is 5.96. The quantitative estimate of drug-likeness (QED) is 0.728. The molecule has 0 heterocycles. The standard InChI is InChI=1S/C21H26N2O5/c1-13-6-7-15(8-14(13)2)21(25)23-12-20(24)22-11-16-9-18(27-4)19(28-5)10-17(16)26-3/h6-10H,11-12H2,1-5H3,(H,22,24)(H,23,25). The largest absolute Gasteiger partial charge is 0.496 e. The number of methoxy groups -OCH3 is 3. The molecule has 0 atom stereocenters. The molecule has 0 aliphatic rings. The van der Waals surface area contributed by atoms with Crippen LogP contribution in [0.3, 0.4) is 0 Å². The van der Waals surface area contributed by atoms with Crippen LogP contribution in [0.2, 0.25) is 0 Å². The molecule has 0 fully saturated rings. The molecule has 0 bridgehead atoms. The lowest BCUT2D eigenvalue weighted by Crippen LogP contribution is -2.36. The molecule has 0 unspecified atom stereocenters. The summed E-state index contributed by atoms with van der Waals surface area (Å²) in [4.78, 5) is 24.3. The predicted molar refractivity (Wildman–Crippen MR) is 106 cm³/mol. The minimum Gasteiger partial charge on any atom is -0.496 e. The van der Waals surface area contributed by atoms with E-state index in [4.69, 9.17) is 14.2 Å². The van der Waals surface area contributed by atoms with Crippen molar-refractivity contribution in [2.75, 3.05) is 27.9 Å². The number of aryl methyl sites for hydroxylation is 2. The van der Waals surface area contributed by atoms with E-state index < -0.39 is 0 Å². The van der Waals surface area contributed by atoms with Gasteiger partial charge in [-0.2, -0.15) is 0 Å². The van der Waals surface area contributed by atoms with Crippen molar-refractivity contribution in [3.05, 3.63) is 52.6 Å². The van der Waals surface area contributed by atoms with E-state index in [2.05, 4.69) is 10.6 Å². The third-order valence-corrected chi connectivity index (χ3v) is 4.44. The Morgan fingerprint density at radius 1 is 0.821 bits per heavy atom. The number of benzene rings is 2. The Morgan fingerprint density at radius 2 is 1.46 bits per heavy atom. The maximum absolute atomic E-state index is 12.2. The van der Waals surface area contributed by atoms with Crippen LogP contribution in [-0.2, 0) is 11.3 Å². The van der Waals surface area contributed by atoms with Gasteiger partial charge in [0.2, 0.25) is 5.91 Å². The van der Waals surface area contributed by atoms with Gasteiger partial charge in [0.05, 0.1) is 27.9 Å². The Hall–Kier alpha value is -3.22. The SMILES string of the molecule is COc1cc(OC)c(OC)cc1CNC(=O)CNC(=O)c1ccc(C)c(C)c1. The maximum atomic E-state index is 12.2. The van der Waals surface area contributed by atoms with Crippen molar-refractivity contribution in [3.63, 3.8) is 0 Å². The molecule has 2 aromatic carbocycles. The minimum atomic E-state index is -0.311. The van der Waals surface area contributed by atoms with Gasteiger partial charge in [0.1, 0.15) is 5.75 Å². The second-order valence-electron chi connectivity index (χ2n) is 6.28. The molecule has 2 aromatic rings. The topological polar surface area (TPSA) is 85.9 Å². The number of rotatable bonds is 8. The van der Waals surface area contributed by atoms with E-state index >= 15 is 0 Å². The average molecular weight is 386 g/mol. The van der Waals surface area contributed by atoms with Gasteiger partial charge in [-0.1, -0.05) is 6.07 Å². The molecule has 7 heteroatoms. The molecule has 0 aromatic heterocycles. The zero-order valence-electron chi connectivity index (χ0n) is 16.8. The number of hydrogen-bond acceptors (Lipinski definition) is 5. The summed E-state index contributed by atoms with van der Waals surface area (Å²) >= 11 is 0. The van der Waals surface area contributed by atoms with E-state index in [1.165, 1.54) is 21.3 Å². The lowest BCUT2D eigenvalue weighted by molar-refractivity contribution is -0.120. The van der Waals surface area contributed by atoms with Crippen LogP contribution < -0.4 is 24.8 Å². The van der Waals surface area contributed by atoms with Crippen LogP contribution >= 0.6 is 0 Å². The number of ether oxygens (including phenoxy) is 3. The van der Waals surface area contributed by atoms with Crippen LogP contribution in [0.4, 0.5) is 0 Å². The van der Waals surface area contributed by atoms with Crippen LogP contribution in [0.25, 0.3) is 0 Å². The number of carbonyl (C=O) groups is 2. The number of nitrogens with one attached hydrogen (secondary N) is 2. The smallest absolute Gasteiger partial charge is 0.251 e. The van der Waals surface area contributed by atoms with Gasteiger partial charge in [0, 0.05) is 23.7 Å². The average Bonchev–Trinajstić information content (AvgIpc) is 2.71. The van der Waals surface area contributed by atoms with E-state index in [0.717, 1.165) is 16.7 Å². The molecule has 0 aliphatic heterocycles. The van der Waals surface area contributed by atoms with Gasteiger partial charge in [-0.15, -0.1) is 0 Å². The summed E-state index contributed by atoms with van der Waals surface area (Å²) in [5, 5.41) is 5.38. The van der Waals surface area contributed by atoms with Gasteiger partial charge in [-0.3, -0.25) is 9.59 Å². The molecule has 2 N–H and O–H groups in total. The fourth-order valence-electron chi connectivity index (χ4n) is 2.63. The fourth-order valence-corrected chi connectivity index (χ4v) is 2.63. The molecule has 0 spiro atoms. The first kappa shape index (κ1) is 21.1. The highest BCUT2D eigenvalue weighted by Crippen LogP contribution is 2.34.